The Hall–Kier alpha value is -1.42. The van der Waals surface area contributed by atoms with Crippen LogP contribution in [-0.2, 0) is 0 Å². The summed E-state index contributed by atoms with van der Waals surface area (Å²) in [6, 6.07) is 1.70. The van der Waals surface area contributed by atoms with Crippen LogP contribution in [0.3, 0.4) is 0 Å². The number of aromatic nitrogens is 1. The summed E-state index contributed by atoms with van der Waals surface area (Å²) in [5.41, 5.74) is 7.26. The summed E-state index contributed by atoms with van der Waals surface area (Å²) in [6.45, 7) is 2.07. The number of nitrogens with two attached hydrogens (primary N) is 1. The zero-order chi connectivity index (χ0) is 11.9. The molecule has 3 N–H and O–H groups in total. The first kappa shape index (κ1) is 10.7. The number of carbonyl (C=O) groups is 1. The molecule has 0 radical (unpaired) electrons. The SMILES string of the molecule is Nc1ccncc1C(=O)C1CC12CCNCC2. The molecule has 0 aromatic carbocycles. The van der Waals surface area contributed by atoms with E-state index in [1.54, 1.807) is 18.5 Å². The molecule has 17 heavy (non-hydrogen) atoms. The average Bonchev–Trinajstić information content (AvgIpc) is 3.04. The van der Waals surface area contributed by atoms with E-state index >= 15 is 0 Å². The first-order chi connectivity index (χ1) is 8.23. The van der Waals surface area contributed by atoms with Crippen molar-refractivity contribution in [3.63, 3.8) is 0 Å². The highest BCUT2D eigenvalue weighted by Crippen LogP contribution is 2.59. The number of rotatable bonds is 2. The number of nitrogen functional groups attached to an aromatic ring is 1. The molecule has 1 saturated carbocycles. The number of piperidine rings is 1. The van der Waals surface area contributed by atoms with Crippen molar-refractivity contribution in [1.82, 2.24) is 10.3 Å². The molecule has 1 atom stereocenters. The van der Waals surface area contributed by atoms with Gasteiger partial charge in [0, 0.05) is 24.0 Å². The third-order valence-corrected chi connectivity index (χ3v) is 4.23. The molecular weight excluding hydrogens is 214 g/mol. The van der Waals surface area contributed by atoms with Gasteiger partial charge in [-0.25, -0.2) is 0 Å². The number of Topliss-reactive ketones (excluding diaryl/α,β-unsaturated/α-hetero) is 1. The number of anilines is 1. The maximum atomic E-state index is 12.4. The van der Waals surface area contributed by atoms with Gasteiger partial charge in [-0.1, -0.05) is 0 Å². The van der Waals surface area contributed by atoms with Crippen molar-refractivity contribution >= 4 is 11.5 Å². The summed E-state index contributed by atoms with van der Waals surface area (Å²) in [6.07, 6.45) is 6.49. The maximum Gasteiger partial charge on any atom is 0.170 e. The van der Waals surface area contributed by atoms with Crippen LogP contribution in [0, 0.1) is 11.3 Å². The fourth-order valence-electron chi connectivity index (χ4n) is 2.99. The molecule has 90 valence electrons. The van der Waals surface area contributed by atoms with Crippen molar-refractivity contribution in [1.29, 1.82) is 0 Å². The largest absolute Gasteiger partial charge is 0.398 e. The highest BCUT2D eigenvalue weighted by molar-refractivity contribution is 6.03. The Labute approximate surface area is 101 Å². The molecule has 1 aliphatic heterocycles. The molecule has 1 aromatic heterocycles. The Balaban J connectivity index is 1.79. The van der Waals surface area contributed by atoms with Crippen LogP contribution in [0.4, 0.5) is 5.69 Å². The number of pyridine rings is 1. The molecule has 2 fully saturated rings. The minimum absolute atomic E-state index is 0.177. The molecule has 1 aliphatic carbocycles. The summed E-state index contributed by atoms with van der Waals surface area (Å²) in [5, 5.41) is 3.34. The summed E-state index contributed by atoms with van der Waals surface area (Å²) in [7, 11) is 0. The number of nitrogens with one attached hydrogen (secondary N) is 1. The molecule has 0 bridgehead atoms. The van der Waals surface area contributed by atoms with Crippen LogP contribution in [0.15, 0.2) is 18.5 Å². The minimum Gasteiger partial charge on any atom is -0.398 e. The van der Waals surface area contributed by atoms with Gasteiger partial charge in [-0.3, -0.25) is 9.78 Å². The number of carbonyl (C=O) groups excluding carboxylic acids is 1. The Morgan fingerprint density at radius 1 is 1.47 bits per heavy atom. The van der Waals surface area contributed by atoms with E-state index in [-0.39, 0.29) is 17.1 Å². The smallest absolute Gasteiger partial charge is 0.170 e. The molecule has 0 amide bonds. The maximum absolute atomic E-state index is 12.4. The van der Waals surface area contributed by atoms with Crippen LogP contribution in [0.2, 0.25) is 0 Å². The highest BCUT2D eigenvalue weighted by atomic mass is 16.1. The average molecular weight is 231 g/mol. The van der Waals surface area contributed by atoms with Crippen LogP contribution < -0.4 is 11.1 Å². The van der Waals surface area contributed by atoms with Gasteiger partial charge in [0.15, 0.2) is 5.78 Å². The quantitative estimate of drug-likeness (QED) is 0.751. The number of ketones is 1. The normalized spacial score (nSPS) is 25.8. The van der Waals surface area contributed by atoms with Gasteiger partial charge < -0.3 is 11.1 Å². The Kier molecular flexibility index (Phi) is 2.40. The second-order valence-electron chi connectivity index (χ2n) is 5.20. The van der Waals surface area contributed by atoms with Crippen molar-refractivity contribution in [2.45, 2.75) is 19.3 Å². The van der Waals surface area contributed by atoms with Gasteiger partial charge >= 0.3 is 0 Å². The lowest BCUT2D eigenvalue weighted by atomic mass is 9.89. The fourth-order valence-corrected chi connectivity index (χ4v) is 2.99. The van der Waals surface area contributed by atoms with E-state index in [9.17, 15) is 4.79 Å². The van der Waals surface area contributed by atoms with Crippen LogP contribution in [-0.4, -0.2) is 23.9 Å². The lowest BCUT2D eigenvalue weighted by Gasteiger charge is -2.23. The van der Waals surface area contributed by atoms with Crippen molar-refractivity contribution < 1.29 is 4.79 Å². The van der Waals surface area contributed by atoms with E-state index in [2.05, 4.69) is 10.3 Å². The lowest BCUT2D eigenvalue weighted by molar-refractivity contribution is 0.0941. The van der Waals surface area contributed by atoms with E-state index in [4.69, 9.17) is 5.73 Å². The van der Waals surface area contributed by atoms with E-state index < -0.39 is 0 Å². The van der Waals surface area contributed by atoms with E-state index in [0.29, 0.717) is 11.3 Å². The minimum atomic E-state index is 0.177. The molecule has 1 saturated heterocycles. The van der Waals surface area contributed by atoms with Gasteiger partial charge in [0.05, 0.1) is 5.56 Å². The second-order valence-corrected chi connectivity index (χ2v) is 5.20. The molecule has 3 rings (SSSR count). The molecular formula is C13H17N3O. The van der Waals surface area contributed by atoms with Gasteiger partial charge in [-0.2, -0.15) is 0 Å². The Bertz CT molecular complexity index is 452. The third-order valence-electron chi connectivity index (χ3n) is 4.23. The van der Waals surface area contributed by atoms with E-state index in [1.165, 1.54) is 0 Å². The Morgan fingerprint density at radius 2 is 2.24 bits per heavy atom. The first-order valence-corrected chi connectivity index (χ1v) is 6.17. The van der Waals surface area contributed by atoms with Gasteiger partial charge in [-0.15, -0.1) is 0 Å². The topological polar surface area (TPSA) is 68.0 Å². The molecule has 4 heteroatoms. The van der Waals surface area contributed by atoms with Crippen LogP contribution >= 0.6 is 0 Å². The summed E-state index contributed by atoms with van der Waals surface area (Å²) in [5.74, 6) is 0.369. The number of hydrogen-bond acceptors (Lipinski definition) is 4. The Morgan fingerprint density at radius 3 is 2.94 bits per heavy atom. The van der Waals surface area contributed by atoms with Crippen molar-refractivity contribution in [2.24, 2.45) is 11.3 Å². The predicted molar refractivity (Wildman–Crippen MR) is 65.6 cm³/mol. The molecule has 1 unspecified atom stereocenters. The van der Waals surface area contributed by atoms with Gasteiger partial charge in [0.25, 0.3) is 0 Å². The summed E-state index contributed by atoms with van der Waals surface area (Å²) in [4.78, 5) is 16.4. The fraction of sp³-hybridized carbons (Fsp3) is 0.538. The molecule has 1 spiro atoms. The van der Waals surface area contributed by atoms with Crippen molar-refractivity contribution in [2.75, 3.05) is 18.8 Å². The molecule has 2 aliphatic rings. The van der Waals surface area contributed by atoms with Gasteiger partial charge in [0.2, 0.25) is 0 Å². The molecule has 1 aromatic rings. The summed E-state index contributed by atoms with van der Waals surface area (Å²) >= 11 is 0. The second kappa shape index (κ2) is 3.81. The predicted octanol–water partition coefficient (Wildman–Crippen LogP) is 1.24. The standard InChI is InChI=1S/C13H17N3O/c14-11-1-4-16-8-9(11)12(17)10-7-13(10)2-5-15-6-3-13/h1,4,8,10,15H,2-3,5-7H2,(H2,14,16). The van der Waals surface area contributed by atoms with E-state index in [0.717, 1.165) is 32.4 Å². The van der Waals surface area contributed by atoms with Crippen LogP contribution in [0.25, 0.3) is 0 Å². The number of hydrogen-bond donors (Lipinski definition) is 2. The molecule has 4 nitrogen and oxygen atoms in total. The zero-order valence-electron chi connectivity index (χ0n) is 9.78. The van der Waals surface area contributed by atoms with Crippen LogP contribution in [0.1, 0.15) is 29.6 Å². The van der Waals surface area contributed by atoms with Crippen LogP contribution in [0.5, 0.6) is 0 Å². The lowest BCUT2D eigenvalue weighted by Crippen LogP contribution is -2.30. The highest BCUT2D eigenvalue weighted by Gasteiger charge is 2.57. The zero-order valence-corrected chi connectivity index (χ0v) is 9.78. The van der Waals surface area contributed by atoms with E-state index in [1.807, 2.05) is 0 Å². The van der Waals surface area contributed by atoms with Crippen molar-refractivity contribution in [3.8, 4) is 0 Å². The molecule has 2 heterocycles. The van der Waals surface area contributed by atoms with Gasteiger partial charge in [-0.05, 0) is 43.8 Å². The van der Waals surface area contributed by atoms with Gasteiger partial charge in [0.1, 0.15) is 0 Å². The summed E-state index contributed by atoms with van der Waals surface area (Å²) < 4.78 is 0. The monoisotopic (exact) mass is 231 g/mol. The number of nitrogens with zero attached hydrogens (tertiary/aromatic N) is 1. The van der Waals surface area contributed by atoms with Crippen molar-refractivity contribution in [3.05, 3.63) is 24.0 Å². The third kappa shape index (κ3) is 1.72. The first-order valence-electron chi connectivity index (χ1n) is 6.17.